The molecule has 1 unspecified atom stereocenters. The van der Waals surface area contributed by atoms with Crippen LogP contribution in [0.3, 0.4) is 0 Å². The van der Waals surface area contributed by atoms with Crippen molar-refractivity contribution in [2.45, 2.75) is 58.5 Å². The Morgan fingerprint density at radius 1 is 1.46 bits per heavy atom. The minimum absolute atomic E-state index is 0.284. The third-order valence-corrected chi connectivity index (χ3v) is 4.01. The van der Waals surface area contributed by atoms with Gasteiger partial charge in [0.2, 0.25) is 0 Å². The molecule has 24 heavy (non-hydrogen) atoms. The molecule has 1 aliphatic rings. The summed E-state index contributed by atoms with van der Waals surface area (Å²) in [5, 5.41) is 3.75. The Morgan fingerprint density at radius 3 is 2.83 bits per heavy atom. The van der Waals surface area contributed by atoms with Crippen LogP contribution in [0.25, 0.3) is 10.4 Å². The lowest BCUT2D eigenvalue weighted by atomic mass is 10.1. The smallest absolute Gasteiger partial charge is 0.333 e. The van der Waals surface area contributed by atoms with Crippen molar-refractivity contribution >= 4 is 0 Å². The zero-order chi connectivity index (χ0) is 17.7. The number of aromatic nitrogens is 2. The number of ether oxygens (including phenoxy) is 2. The summed E-state index contributed by atoms with van der Waals surface area (Å²) in [7, 11) is 0. The molecule has 1 saturated heterocycles. The van der Waals surface area contributed by atoms with Crippen LogP contribution in [0.4, 0.5) is 0 Å². The van der Waals surface area contributed by atoms with Crippen LogP contribution in [0.2, 0.25) is 0 Å². The second kappa shape index (κ2) is 8.14. The molecule has 1 aliphatic heterocycles. The van der Waals surface area contributed by atoms with Crippen molar-refractivity contribution < 1.29 is 9.47 Å². The fourth-order valence-electron chi connectivity index (χ4n) is 2.84. The van der Waals surface area contributed by atoms with E-state index in [4.69, 9.17) is 15.0 Å². The minimum Gasteiger partial charge on any atom is -0.379 e. The largest absolute Gasteiger partial charge is 0.379 e. The van der Waals surface area contributed by atoms with Crippen LogP contribution in [0.5, 0.6) is 0 Å². The average molecular weight is 337 g/mol. The first kappa shape index (κ1) is 18.3. The molecule has 0 aromatic carbocycles. The fourth-order valence-corrected chi connectivity index (χ4v) is 2.84. The summed E-state index contributed by atoms with van der Waals surface area (Å²) in [4.78, 5) is 27.6. The third-order valence-electron chi connectivity index (χ3n) is 4.01. The summed E-state index contributed by atoms with van der Waals surface area (Å²) in [5.74, 6) is 0. The van der Waals surface area contributed by atoms with E-state index in [-0.39, 0.29) is 5.56 Å². The fraction of sp³-hybridized carbons (Fsp3) is 0.733. The van der Waals surface area contributed by atoms with Gasteiger partial charge in [-0.3, -0.25) is 13.9 Å². The molecule has 0 bridgehead atoms. The predicted molar refractivity (Wildman–Crippen MR) is 87.9 cm³/mol. The second-order valence-corrected chi connectivity index (χ2v) is 5.76. The zero-order valence-electron chi connectivity index (χ0n) is 14.2. The first-order valence-corrected chi connectivity index (χ1v) is 8.13. The maximum absolute atomic E-state index is 12.6. The quantitative estimate of drug-likeness (QED) is 0.428. The van der Waals surface area contributed by atoms with Crippen molar-refractivity contribution in [1.82, 2.24) is 9.13 Å². The maximum Gasteiger partial charge on any atom is 0.333 e. The summed E-state index contributed by atoms with van der Waals surface area (Å²) in [6.07, 6.45) is 1.56. The third kappa shape index (κ3) is 3.69. The summed E-state index contributed by atoms with van der Waals surface area (Å²) < 4.78 is 13.9. The lowest BCUT2D eigenvalue weighted by Crippen LogP contribution is -2.42. The molecular weight excluding hydrogens is 314 g/mol. The summed E-state index contributed by atoms with van der Waals surface area (Å²) >= 11 is 0. The van der Waals surface area contributed by atoms with Crippen LogP contribution >= 0.6 is 0 Å². The number of hydrogen-bond donors (Lipinski definition) is 0. The Labute approximate surface area is 139 Å². The molecule has 0 radical (unpaired) electrons. The highest BCUT2D eigenvalue weighted by atomic mass is 16.6. The first-order chi connectivity index (χ1) is 11.5. The monoisotopic (exact) mass is 337 g/mol. The van der Waals surface area contributed by atoms with Crippen LogP contribution in [-0.2, 0) is 16.0 Å². The molecular formula is C15H23N5O4. The van der Waals surface area contributed by atoms with Gasteiger partial charge in [0.05, 0.1) is 18.8 Å². The standard InChI is InChI=1S/C15H23N5O4/c1-4-6-19-14(21)10(3)8-20(15(19)22)13-7-11(17-18-16)12(24-13)9-23-5-2/h8,11-13H,4-7,9H2,1-3H3/t11?,12-,13-/m1/s1. The Balaban J connectivity index is 2.36. The van der Waals surface area contributed by atoms with Crippen molar-refractivity contribution in [3.05, 3.63) is 43.0 Å². The SMILES string of the molecule is CCCn1c(=O)c(C)cn([C@H]2CC(N=[N+]=[N-])[C@@H](COCC)O2)c1=O. The molecule has 0 aliphatic carbocycles. The van der Waals surface area contributed by atoms with E-state index in [0.29, 0.717) is 38.2 Å². The average Bonchev–Trinajstić information content (AvgIpc) is 2.96. The summed E-state index contributed by atoms with van der Waals surface area (Å²) in [5.41, 5.74) is 8.50. The number of hydrogen-bond acceptors (Lipinski definition) is 5. The van der Waals surface area contributed by atoms with E-state index in [1.54, 1.807) is 6.92 Å². The highest BCUT2D eigenvalue weighted by molar-refractivity contribution is 5.04. The van der Waals surface area contributed by atoms with Crippen molar-refractivity contribution in [3.8, 4) is 0 Å². The van der Waals surface area contributed by atoms with Gasteiger partial charge in [0.15, 0.2) is 0 Å². The van der Waals surface area contributed by atoms with Gasteiger partial charge < -0.3 is 9.47 Å². The molecule has 9 nitrogen and oxygen atoms in total. The van der Waals surface area contributed by atoms with Crippen molar-refractivity contribution in [2.75, 3.05) is 13.2 Å². The van der Waals surface area contributed by atoms with E-state index in [2.05, 4.69) is 10.0 Å². The Hall–Kier alpha value is -2.09. The minimum atomic E-state index is -0.583. The van der Waals surface area contributed by atoms with Gasteiger partial charge in [0, 0.05) is 36.2 Å². The van der Waals surface area contributed by atoms with Crippen molar-refractivity contribution in [2.24, 2.45) is 5.11 Å². The molecule has 2 heterocycles. The van der Waals surface area contributed by atoms with Gasteiger partial charge in [-0.05, 0) is 25.8 Å². The second-order valence-electron chi connectivity index (χ2n) is 5.76. The van der Waals surface area contributed by atoms with Gasteiger partial charge in [0.25, 0.3) is 5.56 Å². The maximum atomic E-state index is 12.6. The molecule has 1 aromatic rings. The van der Waals surface area contributed by atoms with Gasteiger partial charge in [-0.25, -0.2) is 4.79 Å². The molecule has 3 atom stereocenters. The zero-order valence-corrected chi connectivity index (χ0v) is 14.2. The summed E-state index contributed by atoms with van der Waals surface area (Å²) in [6.45, 7) is 6.60. The van der Waals surface area contributed by atoms with E-state index >= 15 is 0 Å². The van der Waals surface area contributed by atoms with Gasteiger partial charge in [-0.15, -0.1) is 0 Å². The number of rotatable bonds is 7. The van der Waals surface area contributed by atoms with Crippen molar-refractivity contribution in [3.63, 3.8) is 0 Å². The van der Waals surface area contributed by atoms with E-state index in [9.17, 15) is 9.59 Å². The lowest BCUT2D eigenvalue weighted by Gasteiger charge is -2.18. The molecule has 0 amide bonds. The molecule has 9 heteroatoms. The normalized spacial score (nSPS) is 23.2. The molecule has 132 valence electrons. The van der Waals surface area contributed by atoms with Crippen LogP contribution in [0.15, 0.2) is 20.9 Å². The molecule has 1 aromatic heterocycles. The highest BCUT2D eigenvalue weighted by Gasteiger charge is 2.36. The Morgan fingerprint density at radius 2 is 2.21 bits per heavy atom. The number of nitrogens with zero attached hydrogens (tertiary/aromatic N) is 5. The highest BCUT2D eigenvalue weighted by Crippen LogP contribution is 2.30. The van der Waals surface area contributed by atoms with Crippen LogP contribution in [0, 0.1) is 6.92 Å². The molecule has 0 saturated carbocycles. The van der Waals surface area contributed by atoms with E-state index in [1.807, 2.05) is 13.8 Å². The van der Waals surface area contributed by atoms with Gasteiger partial charge in [0.1, 0.15) is 6.23 Å². The number of aryl methyl sites for hydroxylation is 1. The van der Waals surface area contributed by atoms with E-state index in [0.717, 1.165) is 0 Å². The first-order valence-electron chi connectivity index (χ1n) is 8.13. The van der Waals surface area contributed by atoms with Gasteiger partial charge in [-0.1, -0.05) is 12.0 Å². The van der Waals surface area contributed by atoms with Crippen LogP contribution < -0.4 is 11.2 Å². The van der Waals surface area contributed by atoms with E-state index in [1.165, 1.54) is 15.3 Å². The lowest BCUT2D eigenvalue weighted by molar-refractivity contribution is -0.0439. The molecule has 1 fully saturated rings. The Kier molecular flexibility index (Phi) is 6.19. The topological polar surface area (TPSA) is 111 Å². The van der Waals surface area contributed by atoms with Crippen LogP contribution in [-0.4, -0.2) is 34.5 Å². The predicted octanol–water partition coefficient (Wildman–Crippen LogP) is 1.73. The summed E-state index contributed by atoms with van der Waals surface area (Å²) in [6, 6.07) is -0.412. The van der Waals surface area contributed by atoms with Crippen molar-refractivity contribution in [1.29, 1.82) is 0 Å². The van der Waals surface area contributed by atoms with Crippen LogP contribution in [0.1, 0.15) is 38.5 Å². The van der Waals surface area contributed by atoms with Gasteiger partial charge >= 0.3 is 5.69 Å². The Bertz CT molecular complexity index is 734. The number of azide groups is 1. The molecule has 0 spiro atoms. The van der Waals surface area contributed by atoms with E-state index < -0.39 is 24.1 Å². The molecule has 2 rings (SSSR count). The molecule has 0 N–H and O–H groups in total. The van der Waals surface area contributed by atoms with Gasteiger partial charge in [-0.2, -0.15) is 0 Å².